The van der Waals surface area contributed by atoms with Gasteiger partial charge in [-0.3, -0.25) is 18.9 Å². The Balaban J connectivity index is 0.000000235. The van der Waals surface area contributed by atoms with E-state index in [0.717, 1.165) is 12.1 Å². The summed E-state index contributed by atoms with van der Waals surface area (Å²) in [6.45, 7) is 2.87. The Kier molecular flexibility index (Phi) is 17.8. The Morgan fingerprint density at radius 1 is 0.603 bits per heavy atom. The second-order valence-corrected chi connectivity index (χ2v) is 19.0. The summed E-state index contributed by atoms with van der Waals surface area (Å²) in [6, 6.07) is 34.8. The van der Waals surface area contributed by atoms with E-state index >= 15 is 0 Å². The molecule has 0 fully saturated rings. The fraction of sp³-hybridized carbons (Fsp3) is 0.0800. The predicted octanol–water partition coefficient (Wildman–Crippen LogP) is 11.0. The van der Waals surface area contributed by atoms with Crippen LogP contribution in [0.2, 0.25) is 10.0 Å². The number of amides is 1. The number of methoxy groups -OCH3 is 2. The standard InChI is InChI=1S/2C25H20ClN3O6S.Ca/c2*1-14-21(26)12-17(13-22(14)36(32,33)34)28-29-23-19-9-4-3-6-15(19)10-20(24(23)30)25(31)27-16-7-5-8-18(11-16)35-2;/h2*3-13,30H,1-2H3,(H,27,31)(H,32,33,34);/q;;+2/p-2. The van der Waals surface area contributed by atoms with Crippen molar-refractivity contribution in [3.63, 3.8) is 0 Å². The summed E-state index contributed by atoms with van der Waals surface area (Å²) >= 11 is 12.2. The Morgan fingerprint density at radius 3 is 1.62 bits per heavy atom. The second kappa shape index (κ2) is 23.4. The third kappa shape index (κ3) is 13.1. The molecule has 0 aliphatic rings. The zero-order valence-electron chi connectivity index (χ0n) is 38.7. The number of ether oxygens (including phenoxy) is 2. The first-order valence-corrected chi connectivity index (χ1v) is 24.5. The number of halogens is 2. The van der Waals surface area contributed by atoms with Crippen molar-refractivity contribution in [2.75, 3.05) is 19.5 Å². The maximum absolute atomic E-state index is 13.3. The topological polar surface area (TPSA) is 284 Å². The number of rotatable bonds is 12. The summed E-state index contributed by atoms with van der Waals surface area (Å²) in [4.78, 5) is 16.2. The maximum Gasteiger partial charge on any atom is 2.00 e. The van der Waals surface area contributed by atoms with Crippen LogP contribution >= 0.6 is 23.2 Å². The van der Waals surface area contributed by atoms with Crippen molar-refractivity contribution in [1.29, 1.82) is 0 Å². The number of phenols is 1. The molecule has 0 bridgehead atoms. The molecule has 1 amide bonds. The molecule has 0 saturated heterocycles. The van der Waals surface area contributed by atoms with Gasteiger partial charge in [-0.1, -0.05) is 89.6 Å². The molecule has 368 valence electrons. The Bertz CT molecular complexity index is 3790. The average Bonchev–Trinajstić information content (AvgIpc) is 3.34. The molecule has 4 N–H and O–H groups in total. The number of nitrogens with zero attached hydrogens (tertiary/aromatic N) is 5. The molecule has 0 saturated carbocycles. The van der Waals surface area contributed by atoms with Crippen molar-refractivity contribution in [3.8, 4) is 23.0 Å². The van der Waals surface area contributed by atoms with Gasteiger partial charge in [0.2, 0.25) is 0 Å². The molecule has 8 aromatic carbocycles. The van der Waals surface area contributed by atoms with Crippen molar-refractivity contribution in [2.24, 2.45) is 25.4 Å². The minimum atomic E-state index is -4.57. The van der Waals surface area contributed by atoms with Gasteiger partial charge >= 0.3 is 37.7 Å². The summed E-state index contributed by atoms with van der Waals surface area (Å²) in [5.41, 5.74) is 0.660. The smallest absolute Gasteiger partial charge is 0.871 e. The normalized spacial score (nSPS) is 11.9. The molecule has 0 unspecified atom stereocenters. The first kappa shape index (κ1) is 55.6. The summed E-state index contributed by atoms with van der Waals surface area (Å²) in [5, 5.41) is 58.3. The number of carbonyl (C=O) groups excluding carboxylic acids is 1. The number of azo groups is 2. The molecule has 0 aliphatic carbocycles. The van der Waals surface area contributed by atoms with Gasteiger partial charge in [-0.2, -0.15) is 32.2 Å². The third-order valence-electron chi connectivity index (χ3n) is 10.7. The number of hydrogen-bond acceptors (Lipinski definition) is 15. The first-order valence-electron chi connectivity index (χ1n) is 20.9. The monoisotopic (exact) mass is 1090 g/mol. The summed E-state index contributed by atoms with van der Waals surface area (Å²) in [5.74, 6) is -1.45. The van der Waals surface area contributed by atoms with E-state index in [9.17, 15) is 46.1 Å². The first-order chi connectivity index (χ1) is 34.2. The molecule has 18 nitrogen and oxygen atoms in total. The molecule has 0 spiro atoms. The fourth-order valence-electron chi connectivity index (χ4n) is 7.06. The van der Waals surface area contributed by atoms with E-state index < -0.39 is 53.3 Å². The van der Waals surface area contributed by atoms with Crippen LogP contribution in [0.5, 0.6) is 23.0 Å². The second-order valence-electron chi connectivity index (χ2n) is 15.4. The number of anilines is 1. The van der Waals surface area contributed by atoms with Crippen LogP contribution in [0, 0.1) is 13.8 Å². The minimum Gasteiger partial charge on any atom is -0.871 e. The Hall–Kier alpha value is -6.72. The maximum atomic E-state index is 13.3. The molecule has 0 radical (unpaired) electrons. The number of benzene rings is 8. The van der Waals surface area contributed by atoms with Crippen molar-refractivity contribution in [2.45, 2.75) is 23.6 Å². The molecule has 0 atom stereocenters. The van der Waals surface area contributed by atoms with Gasteiger partial charge in [-0.25, -0.2) is 0 Å². The molecule has 8 aromatic rings. The number of hydrogen-bond donors (Lipinski definition) is 4. The quantitative estimate of drug-likeness (QED) is 0.0292. The Morgan fingerprint density at radius 2 is 1.08 bits per heavy atom. The van der Waals surface area contributed by atoms with E-state index in [2.05, 4.69) is 30.8 Å². The molecule has 23 heteroatoms. The van der Waals surface area contributed by atoms with Crippen LogP contribution in [0.25, 0.3) is 21.5 Å². The van der Waals surface area contributed by atoms with Crippen LogP contribution in [0.1, 0.15) is 27.0 Å². The SMILES string of the molecule is COc1cccc(N=C([O-])c2cc3ccccc3c(N=Nc3cc(Cl)c(C)c(S(=O)(=O)O)c3)c2[O-])c1.COc1cccc(NC(=O)c2cc3ccccc3c(N=Nc3cc(Cl)c(C)c(S(=O)(=O)O)c3)c2O)c1.[Ca+2]. The van der Waals surface area contributed by atoms with Crippen molar-refractivity contribution < 1.29 is 55.5 Å². The van der Waals surface area contributed by atoms with Gasteiger partial charge in [0.05, 0.1) is 42.5 Å². The minimum absolute atomic E-state index is 0. The number of nitrogens with one attached hydrogen (secondary N) is 1. The molecule has 0 aliphatic heterocycles. The van der Waals surface area contributed by atoms with Crippen LogP contribution < -0.4 is 25.0 Å². The van der Waals surface area contributed by atoms with Gasteiger partial charge in [0, 0.05) is 38.6 Å². The van der Waals surface area contributed by atoms with Crippen LogP contribution in [0.3, 0.4) is 0 Å². The number of aromatic hydroxyl groups is 1. The zero-order valence-corrected chi connectivity index (χ0v) is 44.1. The van der Waals surface area contributed by atoms with E-state index in [-0.39, 0.29) is 92.8 Å². The van der Waals surface area contributed by atoms with Crippen LogP contribution in [0.15, 0.2) is 169 Å². The largest absolute Gasteiger partial charge is 2.00 e. The fourth-order valence-corrected chi connectivity index (χ4v) is 9.14. The number of fused-ring (bicyclic) bond motifs is 2. The molecule has 0 aromatic heterocycles. The third-order valence-corrected chi connectivity index (χ3v) is 13.5. The molecule has 73 heavy (non-hydrogen) atoms. The van der Waals surface area contributed by atoms with Crippen LogP contribution in [-0.2, 0) is 20.2 Å². The number of phenolic OH excluding ortho intramolecular Hbond substituents is 1. The zero-order chi connectivity index (χ0) is 52.1. The summed E-state index contributed by atoms with van der Waals surface area (Å²) < 4.78 is 76.1. The summed E-state index contributed by atoms with van der Waals surface area (Å²) in [6.07, 6.45) is 0. The van der Waals surface area contributed by atoms with Crippen molar-refractivity contribution in [3.05, 3.63) is 166 Å². The number of aliphatic imine (C=N–C) groups is 1. The molecular formula is C50H38CaCl2N6O12S2. The van der Waals surface area contributed by atoms with Gasteiger partial charge in [-0.15, -0.1) is 5.11 Å². The Labute approximate surface area is 457 Å². The van der Waals surface area contributed by atoms with Crippen LogP contribution in [-0.4, -0.2) is 94.8 Å². The van der Waals surface area contributed by atoms with E-state index in [1.54, 1.807) is 97.1 Å². The van der Waals surface area contributed by atoms with Gasteiger partial charge in [-0.05, 0) is 108 Å². The van der Waals surface area contributed by atoms with Gasteiger partial charge < -0.3 is 30.1 Å². The van der Waals surface area contributed by atoms with E-state index in [1.165, 1.54) is 52.3 Å². The van der Waals surface area contributed by atoms with E-state index in [4.69, 9.17) is 32.7 Å². The van der Waals surface area contributed by atoms with Gasteiger partial charge in [0.15, 0.2) is 5.75 Å². The predicted molar refractivity (Wildman–Crippen MR) is 275 cm³/mol. The van der Waals surface area contributed by atoms with Crippen molar-refractivity contribution in [1.82, 2.24) is 0 Å². The van der Waals surface area contributed by atoms with E-state index in [0.29, 0.717) is 44.4 Å². The number of carbonyl (C=O) groups is 1. The van der Waals surface area contributed by atoms with E-state index in [1.807, 2.05) is 0 Å². The van der Waals surface area contributed by atoms with Gasteiger partial charge in [0.1, 0.15) is 27.0 Å². The van der Waals surface area contributed by atoms with Crippen molar-refractivity contribution >= 4 is 149 Å². The van der Waals surface area contributed by atoms with Crippen LogP contribution in [0.4, 0.5) is 34.1 Å². The average molecular weight is 1090 g/mol. The molecular weight excluding hydrogens is 1050 g/mol. The van der Waals surface area contributed by atoms with Gasteiger partial charge in [0.25, 0.3) is 26.1 Å². The molecule has 0 heterocycles. The summed E-state index contributed by atoms with van der Waals surface area (Å²) in [7, 11) is -6.13. The molecule has 8 rings (SSSR count).